The molecule has 1 heterocycles. The van der Waals surface area contributed by atoms with E-state index in [2.05, 4.69) is 4.74 Å². The number of carboxylic acids is 1. The summed E-state index contributed by atoms with van der Waals surface area (Å²) in [6.07, 6.45) is -1.98. The lowest BCUT2D eigenvalue weighted by Gasteiger charge is -2.24. The predicted octanol–water partition coefficient (Wildman–Crippen LogP) is 1.67. The summed E-state index contributed by atoms with van der Waals surface area (Å²) in [5.41, 5.74) is 0. The van der Waals surface area contributed by atoms with E-state index in [0.717, 1.165) is 19.3 Å². The molecule has 0 aromatic heterocycles. The van der Waals surface area contributed by atoms with E-state index in [1.54, 1.807) is 0 Å². The van der Waals surface area contributed by atoms with Crippen molar-refractivity contribution in [3.63, 3.8) is 0 Å². The molecule has 3 atom stereocenters. The number of ether oxygens (including phenoxy) is 1. The first-order chi connectivity index (χ1) is 9.79. The van der Waals surface area contributed by atoms with Gasteiger partial charge in [0.25, 0.3) is 0 Å². The standard InChI is InChI=1S/C13H18F3NO4/c14-13(15,16)7-21-5-4-10(18)17-6-8-2-1-3-9(8)11(17)12(19)20/h8-9,11H,1-7H2,(H,19,20). The molecule has 3 unspecified atom stereocenters. The molecule has 0 aromatic carbocycles. The smallest absolute Gasteiger partial charge is 0.411 e. The Labute approximate surface area is 120 Å². The van der Waals surface area contributed by atoms with Crippen LogP contribution in [0.3, 0.4) is 0 Å². The van der Waals surface area contributed by atoms with E-state index in [9.17, 15) is 27.9 Å². The zero-order chi connectivity index (χ0) is 15.6. The van der Waals surface area contributed by atoms with Crippen LogP contribution < -0.4 is 0 Å². The number of nitrogens with zero attached hydrogens (tertiary/aromatic N) is 1. The van der Waals surface area contributed by atoms with Crippen molar-refractivity contribution >= 4 is 11.9 Å². The molecule has 0 aromatic rings. The number of carbonyl (C=O) groups is 2. The summed E-state index contributed by atoms with van der Waals surface area (Å²) < 4.78 is 40.1. The summed E-state index contributed by atoms with van der Waals surface area (Å²) in [5.74, 6) is -1.30. The maximum Gasteiger partial charge on any atom is 0.411 e. The number of halogens is 3. The van der Waals surface area contributed by atoms with Crippen LogP contribution in [0.25, 0.3) is 0 Å². The van der Waals surface area contributed by atoms with Crippen molar-refractivity contribution in [2.45, 2.75) is 37.9 Å². The number of carbonyl (C=O) groups excluding carboxylic acids is 1. The zero-order valence-corrected chi connectivity index (χ0v) is 11.4. The monoisotopic (exact) mass is 309 g/mol. The molecule has 0 spiro atoms. The molecule has 1 saturated carbocycles. The van der Waals surface area contributed by atoms with Gasteiger partial charge in [0.2, 0.25) is 5.91 Å². The Bertz CT molecular complexity index is 413. The van der Waals surface area contributed by atoms with Gasteiger partial charge in [-0.3, -0.25) is 4.79 Å². The normalized spacial score (nSPS) is 28.7. The molecular formula is C13H18F3NO4. The van der Waals surface area contributed by atoms with Crippen LogP contribution in [0.1, 0.15) is 25.7 Å². The Morgan fingerprint density at radius 1 is 1.29 bits per heavy atom. The highest BCUT2D eigenvalue weighted by atomic mass is 19.4. The molecule has 2 fully saturated rings. The Balaban J connectivity index is 1.85. The van der Waals surface area contributed by atoms with Crippen molar-refractivity contribution in [1.29, 1.82) is 0 Å². The molecule has 5 nitrogen and oxygen atoms in total. The van der Waals surface area contributed by atoms with Crippen LogP contribution in [0.2, 0.25) is 0 Å². The molecule has 8 heteroatoms. The second-order valence-electron chi connectivity index (χ2n) is 5.60. The largest absolute Gasteiger partial charge is 0.480 e. The highest BCUT2D eigenvalue weighted by Crippen LogP contribution is 2.42. The fourth-order valence-corrected chi connectivity index (χ4v) is 3.37. The van der Waals surface area contributed by atoms with Gasteiger partial charge in [-0.15, -0.1) is 0 Å². The van der Waals surface area contributed by atoms with Gasteiger partial charge in [0, 0.05) is 6.54 Å². The highest BCUT2D eigenvalue weighted by molar-refractivity contribution is 5.84. The Morgan fingerprint density at radius 2 is 2.00 bits per heavy atom. The zero-order valence-electron chi connectivity index (χ0n) is 11.4. The molecule has 1 aliphatic carbocycles. The van der Waals surface area contributed by atoms with E-state index in [-0.39, 0.29) is 24.9 Å². The van der Waals surface area contributed by atoms with Crippen LogP contribution in [0.5, 0.6) is 0 Å². The molecular weight excluding hydrogens is 291 g/mol. The van der Waals surface area contributed by atoms with Crippen molar-refractivity contribution in [3.05, 3.63) is 0 Å². The van der Waals surface area contributed by atoms with Gasteiger partial charge >= 0.3 is 12.1 Å². The number of likely N-dealkylation sites (tertiary alicyclic amines) is 1. The summed E-state index contributed by atoms with van der Waals surface area (Å²) in [4.78, 5) is 24.7. The van der Waals surface area contributed by atoms with E-state index in [0.29, 0.717) is 6.54 Å². The molecule has 1 aliphatic heterocycles. The Morgan fingerprint density at radius 3 is 2.62 bits per heavy atom. The summed E-state index contributed by atoms with van der Waals surface area (Å²) in [6, 6.07) is -0.840. The SMILES string of the molecule is O=C(O)C1C2CCCC2CN1C(=O)CCOCC(F)(F)F. The third kappa shape index (κ3) is 3.87. The number of hydrogen-bond acceptors (Lipinski definition) is 3. The van der Waals surface area contributed by atoms with Crippen LogP contribution in [-0.4, -0.2) is 53.9 Å². The van der Waals surface area contributed by atoms with Gasteiger partial charge in [-0.2, -0.15) is 13.2 Å². The average Bonchev–Trinajstić information content (AvgIpc) is 2.91. The first-order valence-corrected chi connectivity index (χ1v) is 6.96. The van der Waals surface area contributed by atoms with E-state index < -0.39 is 30.7 Å². The van der Waals surface area contributed by atoms with Crippen LogP contribution >= 0.6 is 0 Å². The number of carboxylic acid groups (broad SMARTS) is 1. The molecule has 1 amide bonds. The second kappa shape index (κ2) is 6.21. The molecule has 2 rings (SSSR count). The van der Waals surface area contributed by atoms with Gasteiger partial charge in [0.1, 0.15) is 12.6 Å². The lowest BCUT2D eigenvalue weighted by atomic mass is 9.94. The summed E-state index contributed by atoms with van der Waals surface area (Å²) in [5, 5.41) is 9.28. The average molecular weight is 309 g/mol. The minimum Gasteiger partial charge on any atom is -0.480 e. The van der Waals surface area contributed by atoms with Gasteiger partial charge in [-0.25, -0.2) is 4.79 Å². The van der Waals surface area contributed by atoms with E-state index in [1.807, 2.05) is 0 Å². The van der Waals surface area contributed by atoms with Crippen molar-refractivity contribution < 1.29 is 32.6 Å². The fraction of sp³-hybridized carbons (Fsp3) is 0.846. The molecule has 0 radical (unpaired) electrons. The molecule has 0 bridgehead atoms. The number of hydrogen-bond donors (Lipinski definition) is 1. The number of rotatable bonds is 5. The second-order valence-corrected chi connectivity index (χ2v) is 5.60. The minimum atomic E-state index is -4.42. The van der Waals surface area contributed by atoms with Gasteiger partial charge < -0.3 is 14.7 Å². The third-order valence-electron chi connectivity index (χ3n) is 4.19. The molecule has 120 valence electrons. The minimum absolute atomic E-state index is 0.0254. The van der Waals surface area contributed by atoms with Gasteiger partial charge in [0.15, 0.2) is 0 Å². The summed E-state index contributed by atoms with van der Waals surface area (Å²) in [6.45, 7) is -1.36. The molecule has 1 N–H and O–H groups in total. The maximum atomic E-state index is 12.0. The number of amides is 1. The van der Waals surface area contributed by atoms with Crippen molar-refractivity contribution in [2.75, 3.05) is 19.8 Å². The Hall–Kier alpha value is -1.31. The van der Waals surface area contributed by atoms with E-state index >= 15 is 0 Å². The van der Waals surface area contributed by atoms with Gasteiger partial charge in [-0.1, -0.05) is 6.42 Å². The van der Waals surface area contributed by atoms with E-state index in [1.165, 1.54) is 4.90 Å². The van der Waals surface area contributed by atoms with E-state index in [4.69, 9.17) is 0 Å². The first-order valence-electron chi connectivity index (χ1n) is 6.96. The highest BCUT2D eigenvalue weighted by Gasteiger charge is 2.49. The Kier molecular flexibility index (Phi) is 4.75. The quantitative estimate of drug-likeness (QED) is 0.785. The third-order valence-corrected chi connectivity index (χ3v) is 4.19. The summed E-state index contributed by atoms with van der Waals surface area (Å²) >= 11 is 0. The van der Waals surface area contributed by atoms with Crippen molar-refractivity contribution in [3.8, 4) is 0 Å². The van der Waals surface area contributed by atoms with Crippen molar-refractivity contribution in [2.24, 2.45) is 11.8 Å². The maximum absolute atomic E-state index is 12.0. The topological polar surface area (TPSA) is 66.8 Å². The van der Waals surface area contributed by atoms with Crippen molar-refractivity contribution in [1.82, 2.24) is 4.90 Å². The summed E-state index contributed by atoms with van der Waals surface area (Å²) in [7, 11) is 0. The lowest BCUT2D eigenvalue weighted by Crippen LogP contribution is -2.43. The molecule has 21 heavy (non-hydrogen) atoms. The first kappa shape index (κ1) is 16.1. The van der Waals surface area contributed by atoms with Crippen LogP contribution in [0.15, 0.2) is 0 Å². The number of fused-ring (bicyclic) bond motifs is 1. The predicted molar refractivity (Wildman–Crippen MR) is 65.5 cm³/mol. The van der Waals surface area contributed by atoms with Gasteiger partial charge in [-0.05, 0) is 24.7 Å². The van der Waals surface area contributed by atoms with Crippen LogP contribution in [0.4, 0.5) is 13.2 Å². The molecule has 1 saturated heterocycles. The lowest BCUT2D eigenvalue weighted by molar-refractivity contribution is -0.175. The fourth-order valence-electron chi connectivity index (χ4n) is 3.37. The van der Waals surface area contributed by atoms with Crippen LogP contribution in [0, 0.1) is 11.8 Å². The number of aliphatic carboxylic acids is 1. The molecule has 2 aliphatic rings. The number of alkyl halides is 3. The van der Waals surface area contributed by atoms with Crippen LogP contribution in [-0.2, 0) is 14.3 Å². The van der Waals surface area contributed by atoms with Gasteiger partial charge in [0.05, 0.1) is 13.0 Å².